The number of nitrogens with zero attached hydrogens (tertiary/aromatic N) is 1. The smallest absolute Gasteiger partial charge is 0.330 e. The molecule has 1 aromatic heterocycles. The number of carbonyl (C=O) groups is 1. The van der Waals surface area contributed by atoms with Gasteiger partial charge in [-0.25, -0.2) is 4.79 Å². The molecule has 3 N–H and O–H groups in total. The monoisotopic (exact) mass is 385 g/mol. The van der Waals surface area contributed by atoms with E-state index in [4.69, 9.17) is 10.5 Å². The second-order valence-electron chi connectivity index (χ2n) is 5.88. The lowest BCUT2D eigenvalue weighted by Gasteiger charge is -2.11. The Bertz CT molecular complexity index is 1100. The lowest BCUT2D eigenvalue weighted by atomic mass is 10.1. The van der Waals surface area contributed by atoms with Crippen LogP contribution in [-0.4, -0.2) is 34.8 Å². The summed E-state index contributed by atoms with van der Waals surface area (Å²) in [6.45, 7) is 0.381. The number of carbonyl (C=O) groups excluding carboxylic acids is 1. The first-order valence-corrected chi connectivity index (χ1v) is 9.26. The molecule has 0 saturated heterocycles. The second-order valence-corrected chi connectivity index (χ2v) is 6.93. The molecular weight excluding hydrogens is 366 g/mol. The van der Waals surface area contributed by atoms with Crippen molar-refractivity contribution in [2.24, 2.45) is 0 Å². The molecule has 8 heteroatoms. The number of benzene rings is 2. The quantitative estimate of drug-likeness (QED) is 0.475. The van der Waals surface area contributed by atoms with Gasteiger partial charge in [-0.05, 0) is 22.9 Å². The Labute approximate surface area is 159 Å². The molecule has 0 aliphatic heterocycles. The molecule has 0 bridgehead atoms. The largest absolute Gasteiger partial charge is 0.384 e. The number of nitrogens with one attached hydrogen (secondary N) is 1. The highest BCUT2D eigenvalue weighted by Crippen LogP contribution is 2.24. The standard InChI is InChI=1S/C19H19N3O4S/c1-26-9-8-22-17(20)16(18(24)21-19(22)25)15(23)11-27-14-7-6-12-4-2-3-5-13(12)10-14/h2-7,10H,8-9,11,20H2,1H3,(H,21,24,25). The number of ketones is 1. The van der Waals surface area contributed by atoms with Gasteiger partial charge in [-0.15, -0.1) is 11.8 Å². The third kappa shape index (κ3) is 4.12. The van der Waals surface area contributed by atoms with Gasteiger partial charge in [-0.2, -0.15) is 0 Å². The third-order valence-electron chi connectivity index (χ3n) is 4.13. The highest BCUT2D eigenvalue weighted by molar-refractivity contribution is 8.00. The van der Waals surface area contributed by atoms with E-state index in [0.29, 0.717) is 0 Å². The number of aromatic nitrogens is 2. The van der Waals surface area contributed by atoms with Crippen molar-refractivity contribution in [3.05, 3.63) is 68.9 Å². The van der Waals surface area contributed by atoms with Crippen LogP contribution in [0.3, 0.4) is 0 Å². The molecule has 0 aliphatic carbocycles. The van der Waals surface area contributed by atoms with E-state index in [2.05, 4.69) is 4.98 Å². The zero-order valence-corrected chi connectivity index (χ0v) is 15.5. The molecule has 7 nitrogen and oxygen atoms in total. The number of hydrogen-bond donors (Lipinski definition) is 2. The molecule has 3 rings (SSSR count). The zero-order valence-electron chi connectivity index (χ0n) is 14.7. The number of nitrogen functional groups attached to an aromatic ring is 1. The van der Waals surface area contributed by atoms with Gasteiger partial charge in [0.15, 0.2) is 5.78 Å². The Morgan fingerprint density at radius 3 is 2.67 bits per heavy atom. The molecule has 1 heterocycles. The Kier molecular flexibility index (Phi) is 5.78. The molecule has 0 radical (unpaired) electrons. The molecule has 0 unspecified atom stereocenters. The van der Waals surface area contributed by atoms with E-state index in [1.54, 1.807) is 0 Å². The number of nitrogens with two attached hydrogens (primary N) is 1. The molecule has 0 atom stereocenters. The minimum Gasteiger partial charge on any atom is -0.384 e. The van der Waals surface area contributed by atoms with Crippen LogP contribution in [0.5, 0.6) is 0 Å². The molecular formula is C19H19N3O4S. The highest BCUT2D eigenvalue weighted by Gasteiger charge is 2.19. The van der Waals surface area contributed by atoms with Crippen molar-refractivity contribution in [1.29, 1.82) is 0 Å². The van der Waals surface area contributed by atoms with Gasteiger partial charge in [0, 0.05) is 12.0 Å². The molecule has 3 aromatic rings. The molecule has 27 heavy (non-hydrogen) atoms. The Hall–Kier alpha value is -2.84. The predicted octanol–water partition coefficient (Wildman–Crippen LogP) is 1.89. The first kappa shape index (κ1) is 18.9. The van der Waals surface area contributed by atoms with Gasteiger partial charge in [-0.1, -0.05) is 30.3 Å². The van der Waals surface area contributed by atoms with Crippen LogP contribution in [0, 0.1) is 0 Å². The van der Waals surface area contributed by atoms with Crippen molar-refractivity contribution in [2.75, 3.05) is 25.2 Å². The molecule has 0 saturated carbocycles. The number of methoxy groups -OCH3 is 1. The summed E-state index contributed by atoms with van der Waals surface area (Å²) in [5.74, 6) is -0.531. The van der Waals surface area contributed by atoms with Crippen molar-refractivity contribution >= 4 is 34.1 Å². The zero-order chi connectivity index (χ0) is 19.4. The van der Waals surface area contributed by atoms with Crippen LogP contribution in [0.1, 0.15) is 10.4 Å². The molecule has 0 amide bonds. The number of hydrogen-bond acceptors (Lipinski definition) is 6. The van der Waals surface area contributed by atoms with Crippen LogP contribution in [0.15, 0.2) is 56.9 Å². The second kappa shape index (κ2) is 8.24. The number of ether oxygens (including phenoxy) is 1. The number of anilines is 1. The first-order valence-electron chi connectivity index (χ1n) is 8.27. The molecule has 0 spiro atoms. The summed E-state index contributed by atoms with van der Waals surface area (Å²) in [5.41, 5.74) is 4.30. The summed E-state index contributed by atoms with van der Waals surface area (Å²) < 4.78 is 6.07. The maximum Gasteiger partial charge on any atom is 0.330 e. The fourth-order valence-electron chi connectivity index (χ4n) is 2.74. The van der Waals surface area contributed by atoms with Gasteiger partial charge < -0.3 is 10.5 Å². The summed E-state index contributed by atoms with van der Waals surface area (Å²) in [7, 11) is 1.49. The molecule has 2 aromatic carbocycles. The Morgan fingerprint density at radius 1 is 1.19 bits per heavy atom. The summed E-state index contributed by atoms with van der Waals surface area (Å²) in [6, 6.07) is 13.8. The minimum atomic E-state index is -0.768. The van der Waals surface area contributed by atoms with Crippen LogP contribution in [-0.2, 0) is 11.3 Å². The van der Waals surface area contributed by atoms with Gasteiger partial charge in [0.2, 0.25) is 0 Å². The van der Waals surface area contributed by atoms with E-state index < -0.39 is 17.0 Å². The van der Waals surface area contributed by atoms with E-state index >= 15 is 0 Å². The average molecular weight is 385 g/mol. The number of thioether (sulfide) groups is 1. The first-order chi connectivity index (χ1) is 13.0. The van der Waals surface area contributed by atoms with E-state index in [0.717, 1.165) is 20.2 Å². The number of Topliss-reactive ketones (excluding diaryl/α,β-unsaturated/α-hetero) is 1. The van der Waals surface area contributed by atoms with Crippen molar-refractivity contribution in [3.8, 4) is 0 Å². The van der Waals surface area contributed by atoms with E-state index in [9.17, 15) is 14.4 Å². The SMILES string of the molecule is COCCn1c(N)c(C(=O)CSc2ccc3ccccc3c2)c(=O)[nH]c1=O. The lowest BCUT2D eigenvalue weighted by Crippen LogP contribution is -2.37. The van der Waals surface area contributed by atoms with Gasteiger partial charge in [0.1, 0.15) is 11.4 Å². The lowest BCUT2D eigenvalue weighted by molar-refractivity contribution is 0.102. The van der Waals surface area contributed by atoms with Gasteiger partial charge in [-0.3, -0.25) is 19.1 Å². The van der Waals surface area contributed by atoms with Gasteiger partial charge >= 0.3 is 5.69 Å². The molecule has 0 aliphatic rings. The van der Waals surface area contributed by atoms with Crippen molar-refractivity contribution in [1.82, 2.24) is 9.55 Å². The van der Waals surface area contributed by atoms with Gasteiger partial charge in [0.25, 0.3) is 5.56 Å². The van der Waals surface area contributed by atoms with Crippen LogP contribution >= 0.6 is 11.8 Å². The topological polar surface area (TPSA) is 107 Å². The van der Waals surface area contributed by atoms with Crippen molar-refractivity contribution in [3.63, 3.8) is 0 Å². The van der Waals surface area contributed by atoms with Crippen LogP contribution in [0.25, 0.3) is 10.8 Å². The summed E-state index contributed by atoms with van der Waals surface area (Å²) >= 11 is 1.31. The van der Waals surface area contributed by atoms with E-state index in [1.807, 2.05) is 42.5 Å². The van der Waals surface area contributed by atoms with Crippen LogP contribution in [0.4, 0.5) is 5.82 Å². The summed E-state index contributed by atoms with van der Waals surface area (Å²) in [4.78, 5) is 39.7. The highest BCUT2D eigenvalue weighted by atomic mass is 32.2. The van der Waals surface area contributed by atoms with E-state index in [1.165, 1.54) is 18.9 Å². The Balaban J connectivity index is 1.82. The predicted molar refractivity (Wildman–Crippen MR) is 107 cm³/mol. The number of aromatic amines is 1. The van der Waals surface area contributed by atoms with Gasteiger partial charge in [0.05, 0.1) is 18.9 Å². The average Bonchev–Trinajstić information content (AvgIpc) is 2.65. The van der Waals surface area contributed by atoms with E-state index in [-0.39, 0.29) is 30.3 Å². The maximum atomic E-state index is 12.6. The fraction of sp³-hybridized carbons (Fsp3) is 0.211. The minimum absolute atomic E-state index is 0.0358. The number of fused-ring (bicyclic) bond motifs is 1. The number of rotatable bonds is 7. The summed E-state index contributed by atoms with van der Waals surface area (Å²) in [5, 5.41) is 2.18. The normalized spacial score (nSPS) is 11.0. The maximum absolute atomic E-state index is 12.6. The van der Waals surface area contributed by atoms with Crippen molar-refractivity contribution in [2.45, 2.75) is 11.4 Å². The van der Waals surface area contributed by atoms with Crippen molar-refractivity contribution < 1.29 is 9.53 Å². The number of H-pyrrole nitrogens is 1. The molecule has 140 valence electrons. The third-order valence-corrected chi connectivity index (χ3v) is 5.12. The Morgan fingerprint density at radius 2 is 1.93 bits per heavy atom. The summed E-state index contributed by atoms with van der Waals surface area (Å²) in [6.07, 6.45) is 0. The van der Waals surface area contributed by atoms with Crippen LogP contribution in [0.2, 0.25) is 0 Å². The molecule has 0 fully saturated rings. The van der Waals surface area contributed by atoms with Crippen LogP contribution < -0.4 is 17.0 Å². The fourth-order valence-corrected chi connectivity index (χ4v) is 3.56.